The third kappa shape index (κ3) is 5.56. The summed E-state index contributed by atoms with van der Waals surface area (Å²) in [5, 5.41) is 6.61. The van der Waals surface area contributed by atoms with Crippen molar-refractivity contribution in [3.63, 3.8) is 0 Å². The fourth-order valence-electron chi connectivity index (χ4n) is 2.47. The number of alkyl halides is 3. The highest BCUT2D eigenvalue weighted by Crippen LogP contribution is 2.32. The van der Waals surface area contributed by atoms with Gasteiger partial charge in [0.15, 0.2) is 0 Å². The number of nitrogens with zero attached hydrogens (tertiary/aromatic N) is 3. The van der Waals surface area contributed by atoms with Crippen molar-refractivity contribution in [2.45, 2.75) is 25.7 Å². The predicted octanol–water partition coefficient (Wildman–Crippen LogP) is 1.90. The van der Waals surface area contributed by atoms with Gasteiger partial charge in [0.2, 0.25) is 0 Å². The Morgan fingerprint density at radius 2 is 1.96 bits per heavy atom. The van der Waals surface area contributed by atoms with Crippen molar-refractivity contribution < 1.29 is 18.0 Å². The van der Waals surface area contributed by atoms with E-state index in [4.69, 9.17) is 5.73 Å². The molecule has 1 aromatic carbocycles. The Labute approximate surface area is 159 Å². The van der Waals surface area contributed by atoms with Gasteiger partial charge in [-0.3, -0.25) is 9.59 Å². The van der Waals surface area contributed by atoms with E-state index in [1.165, 1.54) is 29.8 Å². The van der Waals surface area contributed by atoms with Crippen molar-refractivity contribution >= 4 is 11.6 Å². The van der Waals surface area contributed by atoms with Crippen LogP contribution in [0.5, 0.6) is 0 Å². The lowest BCUT2D eigenvalue weighted by Crippen LogP contribution is -2.33. The zero-order valence-corrected chi connectivity index (χ0v) is 15.7. The Morgan fingerprint density at radius 3 is 2.57 bits per heavy atom. The van der Waals surface area contributed by atoms with Crippen LogP contribution in [-0.4, -0.2) is 41.2 Å². The van der Waals surface area contributed by atoms with Crippen molar-refractivity contribution in [2.75, 3.05) is 26.4 Å². The van der Waals surface area contributed by atoms with E-state index < -0.39 is 23.7 Å². The fraction of sp³-hybridized carbons (Fsp3) is 0.389. The summed E-state index contributed by atoms with van der Waals surface area (Å²) in [6.45, 7) is 2.39. The summed E-state index contributed by atoms with van der Waals surface area (Å²) < 4.78 is 40.1. The molecule has 1 heterocycles. The van der Waals surface area contributed by atoms with E-state index in [0.717, 1.165) is 12.1 Å². The molecule has 1 aromatic heterocycles. The number of halogens is 3. The van der Waals surface area contributed by atoms with Crippen LogP contribution >= 0.6 is 0 Å². The molecule has 0 unspecified atom stereocenters. The number of hydrogen-bond donors (Lipinski definition) is 2. The highest BCUT2D eigenvalue weighted by atomic mass is 19.4. The van der Waals surface area contributed by atoms with Gasteiger partial charge < -0.3 is 16.0 Å². The van der Waals surface area contributed by atoms with Crippen molar-refractivity contribution in [3.8, 4) is 0 Å². The Balaban J connectivity index is 2.20. The number of nitrogen functional groups attached to an aromatic ring is 1. The standard InChI is InChI=1S/C18H22F3N5O2/c1-11(12-8-13(18(19,20)21)10-14(22)9-12)23-17(28)15-4-5-16(27)26(24-15)7-6-25(2)3/h4-5,8-11H,6-7,22H2,1-3H3,(H,23,28)/t11-/m1/s1. The van der Waals surface area contributed by atoms with Gasteiger partial charge in [-0.25, -0.2) is 4.68 Å². The molecule has 0 bridgehead atoms. The number of nitrogens with two attached hydrogens (primary N) is 1. The zero-order valence-electron chi connectivity index (χ0n) is 15.7. The molecule has 2 rings (SSSR count). The van der Waals surface area contributed by atoms with Gasteiger partial charge in [0.25, 0.3) is 11.5 Å². The quantitative estimate of drug-likeness (QED) is 0.727. The molecular weight excluding hydrogens is 375 g/mol. The predicted molar refractivity (Wildman–Crippen MR) is 98.8 cm³/mol. The summed E-state index contributed by atoms with van der Waals surface area (Å²) in [5.41, 5.74) is 4.47. The Morgan fingerprint density at radius 1 is 1.29 bits per heavy atom. The van der Waals surface area contributed by atoms with Crippen LogP contribution in [0.25, 0.3) is 0 Å². The molecule has 152 valence electrons. The van der Waals surface area contributed by atoms with Gasteiger partial charge in [-0.1, -0.05) is 0 Å². The maximum Gasteiger partial charge on any atom is 0.416 e. The lowest BCUT2D eigenvalue weighted by Gasteiger charge is -2.17. The third-order valence-corrected chi connectivity index (χ3v) is 4.01. The maximum absolute atomic E-state index is 13.0. The molecule has 0 aliphatic heterocycles. The molecule has 0 saturated carbocycles. The first kappa shape index (κ1) is 21.4. The van der Waals surface area contributed by atoms with Crippen LogP contribution in [0.1, 0.15) is 34.6 Å². The number of likely N-dealkylation sites (N-methyl/N-ethyl adjacent to an activating group) is 1. The molecule has 0 fully saturated rings. The van der Waals surface area contributed by atoms with E-state index in [-0.39, 0.29) is 22.5 Å². The second kappa shape index (κ2) is 8.42. The number of carbonyl (C=O) groups is 1. The second-order valence-corrected chi connectivity index (χ2v) is 6.66. The van der Waals surface area contributed by atoms with E-state index >= 15 is 0 Å². The monoisotopic (exact) mass is 397 g/mol. The smallest absolute Gasteiger partial charge is 0.399 e. The topological polar surface area (TPSA) is 93.2 Å². The normalized spacial score (nSPS) is 12.8. The molecule has 3 N–H and O–H groups in total. The molecule has 28 heavy (non-hydrogen) atoms. The average molecular weight is 397 g/mol. The number of benzene rings is 1. The number of rotatable bonds is 6. The summed E-state index contributed by atoms with van der Waals surface area (Å²) in [5.74, 6) is -0.609. The Bertz CT molecular complexity index is 909. The summed E-state index contributed by atoms with van der Waals surface area (Å²) in [7, 11) is 3.67. The van der Waals surface area contributed by atoms with Crippen LogP contribution in [0.4, 0.5) is 18.9 Å². The van der Waals surface area contributed by atoms with Crippen molar-refractivity contribution in [2.24, 2.45) is 0 Å². The van der Waals surface area contributed by atoms with Crippen LogP contribution < -0.4 is 16.6 Å². The molecule has 0 saturated heterocycles. The molecule has 0 aliphatic carbocycles. The van der Waals surface area contributed by atoms with Gasteiger partial charge in [-0.2, -0.15) is 18.3 Å². The number of anilines is 1. The number of nitrogens with one attached hydrogen (secondary N) is 1. The molecule has 7 nitrogen and oxygen atoms in total. The minimum absolute atomic E-state index is 0.00912. The van der Waals surface area contributed by atoms with Crippen molar-refractivity contribution in [1.82, 2.24) is 20.0 Å². The largest absolute Gasteiger partial charge is 0.416 e. The van der Waals surface area contributed by atoms with E-state index in [2.05, 4.69) is 10.4 Å². The van der Waals surface area contributed by atoms with E-state index in [1.54, 1.807) is 0 Å². The highest BCUT2D eigenvalue weighted by Gasteiger charge is 2.31. The molecule has 0 radical (unpaired) electrons. The zero-order chi connectivity index (χ0) is 21.1. The summed E-state index contributed by atoms with van der Waals surface area (Å²) in [6.07, 6.45) is -4.54. The molecule has 1 atom stereocenters. The molecule has 10 heteroatoms. The summed E-state index contributed by atoms with van der Waals surface area (Å²) >= 11 is 0. The van der Waals surface area contributed by atoms with Gasteiger partial charge in [0, 0.05) is 18.3 Å². The number of aromatic nitrogens is 2. The molecule has 0 aliphatic rings. The second-order valence-electron chi connectivity index (χ2n) is 6.66. The van der Waals surface area contributed by atoms with Crippen LogP contribution in [0, 0.1) is 0 Å². The highest BCUT2D eigenvalue weighted by molar-refractivity contribution is 5.92. The van der Waals surface area contributed by atoms with Crippen molar-refractivity contribution in [3.05, 3.63) is 57.5 Å². The third-order valence-electron chi connectivity index (χ3n) is 4.01. The Kier molecular flexibility index (Phi) is 6.45. The average Bonchev–Trinajstić information content (AvgIpc) is 2.59. The number of carbonyl (C=O) groups excluding carboxylic acids is 1. The minimum atomic E-state index is -4.54. The first-order chi connectivity index (χ1) is 13.0. The van der Waals surface area contributed by atoms with Crippen LogP contribution in [0.15, 0.2) is 35.1 Å². The molecule has 1 amide bonds. The van der Waals surface area contributed by atoms with E-state index in [9.17, 15) is 22.8 Å². The van der Waals surface area contributed by atoms with E-state index in [0.29, 0.717) is 13.1 Å². The van der Waals surface area contributed by atoms with Gasteiger partial charge in [-0.05, 0) is 50.8 Å². The lowest BCUT2D eigenvalue weighted by atomic mass is 10.0. The van der Waals surface area contributed by atoms with Crippen LogP contribution in [0.3, 0.4) is 0 Å². The van der Waals surface area contributed by atoms with Gasteiger partial charge >= 0.3 is 6.18 Å². The molecule has 0 spiro atoms. The van der Waals surface area contributed by atoms with Crippen LogP contribution in [-0.2, 0) is 12.7 Å². The fourth-order valence-corrected chi connectivity index (χ4v) is 2.47. The number of hydrogen-bond acceptors (Lipinski definition) is 5. The molecular formula is C18H22F3N5O2. The first-order valence-electron chi connectivity index (χ1n) is 8.49. The first-order valence-corrected chi connectivity index (χ1v) is 8.49. The van der Waals surface area contributed by atoms with Gasteiger partial charge in [-0.15, -0.1) is 0 Å². The summed E-state index contributed by atoms with van der Waals surface area (Å²) in [6, 6.07) is 4.89. The van der Waals surface area contributed by atoms with Gasteiger partial charge in [0.1, 0.15) is 5.69 Å². The molecule has 2 aromatic rings. The van der Waals surface area contributed by atoms with Crippen LogP contribution in [0.2, 0.25) is 0 Å². The minimum Gasteiger partial charge on any atom is -0.399 e. The van der Waals surface area contributed by atoms with E-state index in [1.807, 2.05) is 19.0 Å². The maximum atomic E-state index is 13.0. The summed E-state index contributed by atoms with van der Waals surface area (Å²) in [4.78, 5) is 26.2. The number of amides is 1. The Hall–Kier alpha value is -2.88. The van der Waals surface area contributed by atoms with Crippen molar-refractivity contribution in [1.29, 1.82) is 0 Å². The SMILES string of the molecule is C[C@@H](NC(=O)c1ccc(=O)n(CCN(C)C)n1)c1cc(N)cc(C(F)(F)F)c1. The van der Waals surface area contributed by atoms with Gasteiger partial charge in [0.05, 0.1) is 18.2 Å². The lowest BCUT2D eigenvalue weighted by molar-refractivity contribution is -0.137.